The molecule has 0 amide bonds. The monoisotopic (exact) mass is 192 g/mol. The van der Waals surface area contributed by atoms with Gasteiger partial charge >= 0.3 is 0 Å². The van der Waals surface area contributed by atoms with E-state index in [-0.39, 0.29) is 11.7 Å². The van der Waals surface area contributed by atoms with Gasteiger partial charge in [-0.1, -0.05) is 26.0 Å². The van der Waals surface area contributed by atoms with Gasteiger partial charge in [0.2, 0.25) is 0 Å². The Balaban J connectivity index is 2.88. The molecule has 2 heteroatoms. The number of carbonyl (C=O) groups is 1. The third-order valence-corrected chi connectivity index (χ3v) is 1.95. The van der Waals surface area contributed by atoms with Crippen molar-refractivity contribution in [1.82, 2.24) is 0 Å². The highest BCUT2D eigenvalue weighted by molar-refractivity contribution is 5.97. The molecule has 0 saturated heterocycles. The molecule has 14 heavy (non-hydrogen) atoms. The number of hydrogen-bond acceptors (Lipinski definition) is 2. The average Bonchev–Trinajstić information content (AvgIpc) is 2.17. The molecular formula is C12H16O2. The van der Waals surface area contributed by atoms with E-state index in [1.54, 1.807) is 6.07 Å². The lowest BCUT2D eigenvalue weighted by molar-refractivity contribution is 0.0939. The topological polar surface area (TPSA) is 26.3 Å². The first-order valence-electron chi connectivity index (χ1n) is 4.92. The fourth-order valence-corrected chi connectivity index (χ4v) is 1.24. The summed E-state index contributed by atoms with van der Waals surface area (Å²) in [6.07, 6.45) is 0. The maximum atomic E-state index is 11.6. The van der Waals surface area contributed by atoms with Gasteiger partial charge in [-0.3, -0.25) is 4.79 Å². The Bertz CT molecular complexity index is 316. The molecule has 0 spiro atoms. The van der Waals surface area contributed by atoms with Crippen LogP contribution in [0, 0.1) is 5.92 Å². The van der Waals surface area contributed by atoms with Crippen molar-refractivity contribution >= 4 is 5.78 Å². The van der Waals surface area contributed by atoms with Gasteiger partial charge in [-0.25, -0.2) is 0 Å². The molecule has 1 aromatic carbocycles. The Morgan fingerprint density at radius 3 is 2.71 bits per heavy atom. The summed E-state index contributed by atoms with van der Waals surface area (Å²) in [5.74, 6) is 0.956. The molecule has 0 aliphatic heterocycles. The van der Waals surface area contributed by atoms with Crippen molar-refractivity contribution in [3.63, 3.8) is 0 Å². The number of rotatable bonds is 4. The van der Waals surface area contributed by atoms with E-state index < -0.39 is 0 Å². The highest BCUT2D eigenvalue weighted by Gasteiger charge is 2.10. The van der Waals surface area contributed by atoms with E-state index in [0.29, 0.717) is 6.61 Å². The first kappa shape index (κ1) is 10.8. The Morgan fingerprint density at radius 1 is 1.43 bits per heavy atom. The number of ether oxygens (including phenoxy) is 1. The lowest BCUT2D eigenvalue weighted by Crippen LogP contribution is -2.07. The summed E-state index contributed by atoms with van der Waals surface area (Å²) >= 11 is 0. The van der Waals surface area contributed by atoms with Crippen LogP contribution in [0.3, 0.4) is 0 Å². The van der Waals surface area contributed by atoms with E-state index >= 15 is 0 Å². The molecule has 0 N–H and O–H groups in total. The van der Waals surface area contributed by atoms with Gasteiger partial charge in [0.25, 0.3) is 0 Å². The lowest BCUT2D eigenvalue weighted by atomic mass is 10.0. The van der Waals surface area contributed by atoms with Crippen LogP contribution in [0.25, 0.3) is 0 Å². The first-order valence-corrected chi connectivity index (χ1v) is 4.92. The van der Waals surface area contributed by atoms with Crippen LogP contribution >= 0.6 is 0 Å². The molecule has 0 unspecified atom stereocenters. The normalized spacial score (nSPS) is 10.3. The Morgan fingerprint density at radius 2 is 2.14 bits per heavy atom. The number of Topliss-reactive ketones (excluding diaryl/α,β-unsaturated/α-hetero) is 1. The van der Waals surface area contributed by atoms with Gasteiger partial charge in [0.05, 0.1) is 6.61 Å². The van der Waals surface area contributed by atoms with Gasteiger partial charge in [0, 0.05) is 11.5 Å². The van der Waals surface area contributed by atoms with Crippen LogP contribution < -0.4 is 4.74 Å². The summed E-state index contributed by atoms with van der Waals surface area (Å²) < 4.78 is 5.32. The number of carbonyl (C=O) groups excluding carboxylic acids is 1. The highest BCUT2D eigenvalue weighted by atomic mass is 16.5. The van der Waals surface area contributed by atoms with Crippen LogP contribution in [0.4, 0.5) is 0 Å². The van der Waals surface area contributed by atoms with Crippen LogP contribution in [0.15, 0.2) is 24.3 Å². The molecule has 0 saturated carbocycles. The lowest BCUT2D eigenvalue weighted by Gasteiger charge is -2.07. The predicted molar refractivity (Wildman–Crippen MR) is 56.8 cm³/mol. The molecule has 0 atom stereocenters. The van der Waals surface area contributed by atoms with Gasteiger partial charge in [-0.2, -0.15) is 0 Å². The van der Waals surface area contributed by atoms with Crippen molar-refractivity contribution in [2.24, 2.45) is 5.92 Å². The molecule has 0 aliphatic rings. The van der Waals surface area contributed by atoms with Gasteiger partial charge in [0.15, 0.2) is 5.78 Å². The summed E-state index contributed by atoms with van der Waals surface area (Å²) in [5, 5.41) is 0. The second-order valence-electron chi connectivity index (χ2n) is 3.48. The van der Waals surface area contributed by atoms with Crippen LogP contribution in [0.2, 0.25) is 0 Å². The third kappa shape index (κ3) is 2.59. The van der Waals surface area contributed by atoms with E-state index in [0.717, 1.165) is 11.3 Å². The van der Waals surface area contributed by atoms with E-state index in [9.17, 15) is 4.79 Å². The number of ketones is 1. The molecular weight excluding hydrogens is 176 g/mol. The predicted octanol–water partition coefficient (Wildman–Crippen LogP) is 2.92. The summed E-state index contributed by atoms with van der Waals surface area (Å²) in [5.41, 5.74) is 0.728. The largest absolute Gasteiger partial charge is 0.494 e. The van der Waals surface area contributed by atoms with Gasteiger partial charge in [-0.05, 0) is 19.1 Å². The number of hydrogen-bond donors (Lipinski definition) is 0. The van der Waals surface area contributed by atoms with Crippen molar-refractivity contribution in [2.45, 2.75) is 20.8 Å². The molecule has 0 fully saturated rings. The van der Waals surface area contributed by atoms with Crippen molar-refractivity contribution in [2.75, 3.05) is 6.61 Å². The molecule has 2 nitrogen and oxygen atoms in total. The van der Waals surface area contributed by atoms with Crippen LogP contribution in [-0.4, -0.2) is 12.4 Å². The summed E-state index contributed by atoms with van der Waals surface area (Å²) in [6.45, 7) is 6.35. The Hall–Kier alpha value is -1.31. The van der Waals surface area contributed by atoms with Crippen molar-refractivity contribution in [3.05, 3.63) is 29.8 Å². The van der Waals surface area contributed by atoms with Gasteiger partial charge in [0.1, 0.15) is 5.75 Å². The van der Waals surface area contributed by atoms with E-state index in [1.807, 2.05) is 39.0 Å². The smallest absolute Gasteiger partial charge is 0.165 e. The van der Waals surface area contributed by atoms with Crippen LogP contribution in [-0.2, 0) is 0 Å². The first-order chi connectivity index (χ1) is 6.65. The fraction of sp³-hybridized carbons (Fsp3) is 0.417. The summed E-state index contributed by atoms with van der Waals surface area (Å²) in [7, 11) is 0. The van der Waals surface area contributed by atoms with Crippen LogP contribution in [0.5, 0.6) is 5.75 Å². The maximum absolute atomic E-state index is 11.6. The SMILES string of the molecule is CCOc1cccc(C(=O)C(C)C)c1. The van der Waals surface area contributed by atoms with Gasteiger partial charge in [-0.15, -0.1) is 0 Å². The minimum absolute atomic E-state index is 0.0341. The second-order valence-corrected chi connectivity index (χ2v) is 3.48. The van der Waals surface area contributed by atoms with E-state index in [4.69, 9.17) is 4.74 Å². The zero-order valence-corrected chi connectivity index (χ0v) is 8.91. The molecule has 1 rings (SSSR count). The van der Waals surface area contributed by atoms with E-state index in [1.165, 1.54) is 0 Å². The molecule has 0 radical (unpaired) electrons. The molecule has 1 aromatic rings. The average molecular weight is 192 g/mol. The third-order valence-electron chi connectivity index (χ3n) is 1.95. The Kier molecular flexibility index (Phi) is 3.69. The van der Waals surface area contributed by atoms with Crippen molar-refractivity contribution in [1.29, 1.82) is 0 Å². The highest BCUT2D eigenvalue weighted by Crippen LogP contribution is 2.16. The van der Waals surface area contributed by atoms with Crippen molar-refractivity contribution < 1.29 is 9.53 Å². The zero-order valence-electron chi connectivity index (χ0n) is 8.91. The van der Waals surface area contributed by atoms with Crippen LogP contribution in [0.1, 0.15) is 31.1 Å². The minimum Gasteiger partial charge on any atom is -0.494 e. The zero-order chi connectivity index (χ0) is 10.6. The molecule has 0 aromatic heterocycles. The summed E-state index contributed by atoms with van der Waals surface area (Å²) in [4.78, 5) is 11.6. The minimum atomic E-state index is 0.0341. The van der Waals surface area contributed by atoms with Gasteiger partial charge < -0.3 is 4.74 Å². The fourth-order valence-electron chi connectivity index (χ4n) is 1.24. The number of benzene rings is 1. The van der Waals surface area contributed by atoms with E-state index in [2.05, 4.69) is 0 Å². The maximum Gasteiger partial charge on any atom is 0.165 e. The summed E-state index contributed by atoms with van der Waals surface area (Å²) in [6, 6.07) is 7.33. The van der Waals surface area contributed by atoms with Crippen molar-refractivity contribution in [3.8, 4) is 5.75 Å². The molecule has 0 bridgehead atoms. The molecule has 76 valence electrons. The standard InChI is InChI=1S/C12H16O2/c1-4-14-11-7-5-6-10(8-11)12(13)9(2)3/h5-9H,4H2,1-3H3. The molecule has 0 aliphatic carbocycles. The molecule has 0 heterocycles. The quantitative estimate of drug-likeness (QED) is 0.685. The second kappa shape index (κ2) is 4.80. The Labute approximate surface area is 84.9 Å².